The molecule has 0 aliphatic rings. The number of fused-ring (bicyclic) bond motifs is 1. The summed E-state index contributed by atoms with van der Waals surface area (Å²) in [5, 5.41) is 12.5. The molecule has 1 aromatic carbocycles. The second-order valence-electron chi connectivity index (χ2n) is 5.73. The molecule has 0 saturated heterocycles. The van der Waals surface area contributed by atoms with E-state index in [1.54, 1.807) is 12.3 Å². The molecule has 0 unspecified atom stereocenters. The van der Waals surface area contributed by atoms with Gasteiger partial charge in [0.1, 0.15) is 11.4 Å². The van der Waals surface area contributed by atoms with Crippen LogP contribution in [0, 0.1) is 11.6 Å². The molecule has 4 aromatic rings. The normalized spacial score (nSPS) is 10.7. The molecule has 0 aliphatic carbocycles. The van der Waals surface area contributed by atoms with E-state index < -0.39 is 23.4 Å². The number of carbonyl (C=O) groups excluding carboxylic acids is 1. The number of aromatic nitrogens is 4. The smallest absolute Gasteiger partial charge is 0.324 e. The molecule has 0 saturated carbocycles. The van der Waals surface area contributed by atoms with E-state index in [-0.39, 0.29) is 17.3 Å². The van der Waals surface area contributed by atoms with Crippen LogP contribution in [-0.4, -0.2) is 26.2 Å². The van der Waals surface area contributed by atoms with Crippen molar-refractivity contribution in [1.82, 2.24) is 20.2 Å². The lowest BCUT2D eigenvalue weighted by Crippen LogP contribution is -2.20. The molecular weight excluding hydrogens is 450 g/mol. The number of pyridine rings is 1. The summed E-state index contributed by atoms with van der Waals surface area (Å²) in [4.78, 5) is 19.0. The highest BCUT2D eigenvalue weighted by Gasteiger charge is 2.18. The Morgan fingerprint density at radius 2 is 1.93 bits per heavy atom. The molecule has 29 heavy (non-hydrogen) atoms. The fraction of sp³-hybridized carbons (Fsp3) is 0. The number of H-pyrrole nitrogens is 1. The van der Waals surface area contributed by atoms with Crippen LogP contribution in [0.1, 0.15) is 0 Å². The Morgan fingerprint density at radius 1 is 1.14 bits per heavy atom. The maximum Gasteiger partial charge on any atom is 0.324 e. The lowest BCUT2D eigenvalue weighted by atomic mass is 10.2. The molecule has 3 heterocycles. The average molecular weight is 461 g/mol. The second kappa shape index (κ2) is 7.80. The second-order valence-corrected chi connectivity index (χ2v) is 6.58. The van der Waals surface area contributed by atoms with Crippen LogP contribution in [0.5, 0.6) is 11.5 Å². The zero-order valence-electron chi connectivity index (χ0n) is 14.4. The Hall–Kier alpha value is -3.60. The molecule has 4 rings (SSSR count). The Labute approximate surface area is 170 Å². The van der Waals surface area contributed by atoms with E-state index in [9.17, 15) is 13.6 Å². The van der Waals surface area contributed by atoms with Crippen molar-refractivity contribution in [2.75, 3.05) is 10.6 Å². The number of urea groups is 1. The van der Waals surface area contributed by atoms with Crippen molar-refractivity contribution in [2.24, 2.45) is 0 Å². The van der Waals surface area contributed by atoms with Crippen LogP contribution in [0.25, 0.3) is 11.0 Å². The lowest BCUT2D eigenvalue weighted by Gasteiger charge is -2.12. The van der Waals surface area contributed by atoms with Gasteiger partial charge < -0.3 is 15.0 Å². The van der Waals surface area contributed by atoms with Gasteiger partial charge in [0, 0.05) is 40.9 Å². The largest absolute Gasteiger partial charge is 0.450 e. The van der Waals surface area contributed by atoms with Crippen molar-refractivity contribution in [3.63, 3.8) is 0 Å². The monoisotopic (exact) mass is 460 g/mol. The number of benzene rings is 1. The van der Waals surface area contributed by atoms with Gasteiger partial charge in [0.2, 0.25) is 0 Å². The molecule has 2 amide bonds. The first-order valence-electron chi connectivity index (χ1n) is 8.15. The third-order valence-electron chi connectivity index (χ3n) is 3.77. The number of ether oxygens (including phenoxy) is 1. The zero-order chi connectivity index (χ0) is 20.4. The molecule has 0 fully saturated rings. The van der Waals surface area contributed by atoms with Gasteiger partial charge in [-0.2, -0.15) is 5.10 Å². The van der Waals surface area contributed by atoms with Crippen LogP contribution in [0.2, 0.25) is 0 Å². The highest BCUT2D eigenvalue weighted by Crippen LogP contribution is 2.36. The first kappa shape index (κ1) is 18.7. The van der Waals surface area contributed by atoms with Crippen LogP contribution in [0.4, 0.5) is 25.1 Å². The van der Waals surface area contributed by atoms with Crippen molar-refractivity contribution in [3.8, 4) is 11.5 Å². The molecule has 146 valence electrons. The summed E-state index contributed by atoms with van der Waals surface area (Å²) in [6, 6.07) is 5.73. The summed E-state index contributed by atoms with van der Waals surface area (Å²) in [5.41, 5.74) is 0.394. The molecule has 3 aromatic heterocycles. The van der Waals surface area contributed by atoms with Crippen molar-refractivity contribution in [2.45, 2.75) is 0 Å². The minimum absolute atomic E-state index is 0.101. The van der Waals surface area contributed by atoms with E-state index in [4.69, 9.17) is 4.74 Å². The van der Waals surface area contributed by atoms with Crippen LogP contribution in [-0.2, 0) is 0 Å². The Morgan fingerprint density at radius 3 is 2.66 bits per heavy atom. The number of amides is 2. The minimum Gasteiger partial charge on any atom is -0.450 e. The predicted molar refractivity (Wildman–Crippen MR) is 105 cm³/mol. The standard InChI is InChI=1S/C18H11BrF2N6O2/c19-10-8-23-17-15(10)13(3-5-22-17)29-16-11(20)6-9(7-12(16)21)25-18(28)26-14-2-1-4-24-27-14/h1-8H,(H,22,23)(H2,25,26,27,28). The number of rotatable bonds is 4. The number of hydrogen-bond donors (Lipinski definition) is 3. The van der Waals surface area contributed by atoms with Gasteiger partial charge in [0.15, 0.2) is 23.2 Å². The molecule has 0 atom stereocenters. The minimum atomic E-state index is -0.989. The van der Waals surface area contributed by atoms with Gasteiger partial charge >= 0.3 is 6.03 Å². The first-order chi connectivity index (χ1) is 14.0. The van der Waals surface area contributed by atoms with E-state index in [1.165, 1.54) is 24.5 Å². The molecule has 3 N–H and O–H groups in total. The predicted octanol–water partition coefficient (Wildman–Crippen LogP) is 4.83. The SMILES string of the molecule is O=C(Nc1cc(F)c(Oc2ccnc3[nH]cc(Br)c23)c(F)c1)Nc1cccnn1. The van der Waals surface area contributed by atoms with E-state index in [2.05, 4.69) is 46.7 Å². The number of nitrogens with zero attached hydrogens (tertiary/aromatic N) is 3. The number of hydrogen-bond acceptors (Lipinski definition) is 5. The lowest BCUT2D eigenvalue weighted by molar-refractivity contribution is 0.262. The third-order valence-corrected chi connectivity index (χ3v) is 4.39. The molecule has 0 aliphatic heterocycles. The molecule has 0 spiro atoms. The Kier molecular flexibility index (Phi) is 5.04. The number of nitrogens with one attached hydrogen (secondary N) is 3. The molecule has 0 radical (unpaired) electrons. The van der Waals surface area contributed by atoms with Crippen LogP contribution in [0.3, 0.4) is 0 Å². The topological polar surface area (TPSA) is 105 Å². The van der Waals surface area contributed by atoms with Gasteiger partial charge in [-0.15, -0.1) is 5.10 Å². The summed E-state index contributed by atoms with van der Waals surface area (Å²) in [6.07, 6.45) is 4.53. The zero-order valence-corrected chi connectivity index (χ0v) is 16.0. The fourth-order valence-corrected chi connectivity index (χ4v) is 3.06. The molecular formula is C18H11BrF2N6O2. The van der Waals surface area contributed by atoms with Gasteiger partial charge in [-0.25, -0.2) is 18.6 Å². The van der Waals surface area contributed by atoms with Crippen LogP contribution < -0.4 is 15.4 Å². The average Bonchev–Trinajstić information content (AvgIpc) is 3.07. The van der Waals surface area contributed by atoms with Crippen molar-refractivity contribution < 1.29 is 18.3 Å². The van der Waals surface area contributed by atoms with E-state index in [1.807, 2.05) is 0 Å². The van der Waals surface area contributed by atoms with E-state index >= 15 is 0 Å². The van der Waals surface area contributed by atoms with E-state index in [0.29, 0.717) is 15.5 Å². The Bertz CT molecular complexity index is 1180. The highest BCUT2D eigenvalue weighted by molar-refractivity contribution is 9.10. The molecule has 8 nitrogen and oxygen atoms in total. The van der Waals surface area contributed by atoms with Gasteiger partial charge in [-0.05, 0) is 34.1 Å². The third kappa shape index (κ3) is 3.99. The van der Waals surface area contributed by atoms with Crippen molar-refractivity contribution in [3.05, 3.63) is 65.0 Å². The number of anilines is 2. The quantitative estimate of drug-likeness (QED) is 0.404. The summed E-state index contributed by atoms with van der Waals surface area (Å²) >= 11 is 3.33. The van der Waals surface area contributed by atoms with Crippen molar-refractivity contribution >= 4 is 44.5 Å². The van der Waals surface area contributed by atoms with Crippen LogP contribution >= 0.6 is 15.9 Å². The van der Waals surface area contributed by atoms with Gasteiger partial charge in [-0.1, -0.05) is 0 Å². The fourth-order valence-electron chi connectivity index (χ4n) is 2.56. The van der Waals surface area contributed by atoms with E-state index in [0.717, 1.165) is 12.1 Å². The van der Waals surface area contributed by atoms with Crippen LogP contribution in [0.15, 0.2) is 53.4 Å². The maximum atomic E-state index is 14.5. The summed E-state index contributed by atoms with van der Waals surface area (Å²) in [6.45, 7) is 0. The summed E-state index contributed by atoms with van der Waals surface area (Å²) in [7, 11) is 0. The van der Waals surface area contributed by atoms with Gasteiger partial charge in [0.25, 0.3) is 0 Å². The number of halogens is 3. The van der Waals surface area contributed by atoms with Gasteiger partial charge in [-0.3, -0.25) is 5.32 Å². The molecule has 0 bridgehead atoms. The number of carbonyl (C=O) groups is 1. The number of aromatic amines is 1. The highest BCUT2D eigenvalue weighted by atomic mass is 79.9. The van der Waals surface area contributed by atoms with Crippen molar-refractivity contribution in [1.29, 1.82) is 0 Å². The summed E-state index contributed by atoms with van der Waals surface area (Å²) in [5.74, 6) is -2.19. The molecule has 11 heteroatoms. The maximum absolute atomic E-state index is 14.5. The Balaban J connectivity index is 1.55. The first-order valence-corrected chi connectivity index (χ1v) is 8.95. The van der Waals surface area contributed by atoms with Gasteiger partial charge in [0.05, 0.1) is 5.39 Å². The summed E-state index contributed by atoms with van der Waals surface area (Å²) < 4.78 is 35.1.